The molecule has 1 aliphatic carbocycles. The number of aromatic nitrogens is 1. The van der Waals surface area contributed by atoms with Crippen molar-refractivity contribution in [1.29, 1.82) is 0 Å². The normalized spacial score (nSPS) is 15.8. The highest BCUT2D eigenvalue weighted by Gasteiger charge is 2.24. The van der Waals surface area contributed by atoms with Crippen molar-refractivity contribution < 1.29 is 4.79 Å². The van der Waals surface area contributed by atoms with Gasteiger partial charge >= 0.3 is 0 Å². The number of hydrogen-bond donors (Lipinski definition) is 1. The Kier molecular flexibility index (Phi) is 5.85. The van der Waals surface area contributed by atoms with Gasteiger partial charge in [-0.1, -0.05) is 37.8 Å². The Labute approximate surface area is 131 Å². The van der Waals surface area contributed by atoms with Gasteiger partial charge in [-0.25, -0.2) is 4.98 Å². The fourth-order valence-corrected chi connectivity index (χ4v) is 2.96. The van der Waals surface area contributed by atoms with E-state index in [0.717, 1.165) is 25.8 Å². The second-order valence-electron chi connectivity index (χ2n) is 5.68. The predicted octanol–water partition coefficient (Wildman–Crippen LogP) is 3.96. The highest BCUT2D eigenvalue weighted by atomic mass is 35.5. The van der Waals surface area contributed by atoms with Crippen molar-refractivity contribution in [1.82, 2.24) is 9.88 Å². The molecule has 0 atom stereocenters. The summed E-state index contributed by atoms with van der Waals surface area (Å²) in [5, 5.41) is 3.62. The van der Waals surface area contributed by atoms with Crippen LogP contribution in [0, 0.1) is 0 Å². The van der Waals surface area contributed by atoms with Gasteiger partial charge in [0.1, 0.15) is 5.82 Å². The first-order valence-electron chi connectivity index (χ1n) is 7.80. The van der Waals surface area contributed by atoms with Crippen LogP contribution in [0.5, 0.6) is 0 Å². The second kappa shape index (κ2) is 7.64. The number of rotatable bonds is 5. The monoisotopic (exact) mass is 309 g/mol. The maximum absolute atomic E-state index is 12.7. The molecule has 0 saturated heterocycles. The fourth-order valence-electron chi connectivity index (χ4n) is 2.78. The van der Waals surface area contributed by atoms with Crippen LogP contribution in [0.4, 0.5) is 5.82 Å². The molecule has 4 nitrogen and oxygen atoms in total. The van der Waals surface area contributed by atoms with Gasteiger partial charge in [0.05, 0.1) is 10.6 Å². The lowest BCUT2D eigenvalue weighted by Gasteiger charge is -2.31. The van der Waals surface area contributed by atoms with Gasteiger partial charge in [0.15, 0.2) is 0 Å². The van der Waals surface area contributed by atoms with Crippen LogP contribution in [0.25, 0.3) is 0 Å². The molecule has 1 N–H and O–H groups in total. The third-order valence-electron chi connectivity index (χ3n) is 4.08. The Bertz CT molecular complexity index is 486. The molecule has 1 amide bonds. The topological polar surface area (TPSA) is 45.2 Å². The molecular weight excluding hydrogens is 286 g/mol. The summed E-state index contributed by atoms with van der Waals surface area (Å²) in [6.07, 6.45) is 8.43. The van der Waals surface area contributed by atoms with Crippen LogP contribution in [0.2, 0.25) is 5.02 Å². The minimum Gasteiger partial charge on any atom is -0.370 e. The van der Waals surface area contributed by atoms with Crippen molar-refractivity contribution in [3.63, 3.8) is 0 Å². The van der Waals surface area contributed by atoms with E-state index in [1.54, 1.807) is 12.3 Å². The molecule has 21 heavy (non-hydrogen) atoms. The maximum atomic E-state index is 12.7. The molecule has 0 radical (unpaired) electrons. The average Bonchev–Trinajstić information content (AvgIpc) is 2.53. The highest BCUT2D eigenvalue weighted by molar-refractivity contribution is 6.33. The Morgan fingerprint density at radius 1 is 1.43 bits per heavy atom. The molecule has 1 saturated carbocycles. The molecule has 1 aromatic heterocycles. The van der Waals surface area contributed by atoms with E-state index in [1.807, 2.05) is 11.9 Å². The first kappa shape index (κ1) is 16.1. The molecular formula is C16H24ClN3O. The van der Waals surface area contributed by atoms with Crippen LogP contribution >= 0.6 is 11.6 Å². The Morgan fingerprint density at radius 2 is 2.14 bits per heavy atom. The summed E-state index contributed by atoms with van der Waals surface area (Å²) in [5.41, 5.74) is 0.540. The summed E-state index contributed by atoms with van der Waals surface area (Å²) in [5.74, 6) is 0.704. The minimum absolute atomic E-state index is 0.00570. The standard InChI is InChI=1S/C16H24ClN3O/c1-3-9-18-15-10-13(14(17)11-19-15)16(21)20(2)12-7-5-4-6-8-12/h10-12H,3-9H2,1-2H3,(H,18,19). The molecule has 0 bridgehead atoms. The Morgan fingerprint density at radius 3 is 2.81 bits per heavy atom. The smallest absolute Gasteiger partial charge is 0.255 e. The zero-order valence-electron chi connectivity index (χ0n) is 12.9. The van der Waals surface area contributed by atoms with E-state index in [9.17, 15) is 4.79 Å². The summed E-state index contributed by atoms with van der Waals surface area (Å²) < 4.78 is 0. The zero-order chi connectivity index (χ0) is 15.2. The van der Waals surface area contributed by atoms with Crippen molar-refractivity contribution in [2.45, 2.75) is 51.5 Å². The fraction of sp³-hybridized carbons (Fsp3) is 0.625. The van der Waals surface area contributed by atoms with Crippen LogP contribution in [-0.4, -0.2) is 35.4 Å². The molecule has 0 aromatic carbocycles. The number of carbonyl (C=O) groups is 1. The van der Waals surface area contributed by atoms with Gasteiger partial charge in [-0.2, -0.15) is 0 Å². The van der Waals surface area contributed by atoms with E-state index >= 15 is 0 Å². The van der Waals surface area contributed by atoms with E-state index in [-0.39, 0.29) is 5.91 Å². The van der Waals surface area contributed by atoms with Gasteiger partial charge in [0.25, 0.3) is 5.91 Å². The van der Waals surface area contributed by atoms with Gasteiger partial charge in [-0.3, -0.25) is 4.79 Å². The first-order valence-corrected chi connectivity index (χ1v) is 8.18. The summed E-state index contributed by atoms with van der Waals surface area (Å²) >= 11 is 6.17. The van der Waals surface area contributed by atoms with Crippen LogP contribution in [0.15, 0.2) is 12.3 Å². The number of hydrogen-bond acceptors (Lipinski definition) is 3. The van der Waals surface area contributed by atoms with E-state index in [0.29, 0.717) is 22.4 Å². The molecule has 5 heteroatoms. The molecule has 1 fully saturated rings. The van der Waals surface area contributed by atoms with Crippen LogP contribution < -0.4 is 5.32 Å². The maximum Gasteiger partial charge on any atom is 0.255 e. The lowest BCUT2D eigenvalue weighted by Crippen LogP contribution is -2.38. The number of carbonyl (C=O) groups excluding carboxylic acids is 1. The molecule has 1 aromatic rings. The third kappa shape index (κ3) is 4.10. The van der Waals surface area contributed by atoms with E-state index in [1.165, 1.54) is 19.3 Å². The van der Waals surface area contributed by atoms with Crippen molar-refractivity contribution in [3.05, 3.63) is 22.8 Å². The molecule has 0 unspecified atom stereocenters. The van der Waals surface area contributed by atoms with Gasteiger partial charge in [-0.05, 0) is 25.3 Å². The summed E-state index contributed by atoms with van der Waals surface area (Å²) in [4.78, 5) is 18.7. The van der Waals surface area contributed by atoms with E-state index in [2.05, 4.69) is 17.2 Å². The number of nitrogens with zero attached hydrogens (tertiary/aromatic N) is 2. The average molecular weight is 310 g/mol. The van der Waals surface area contributed by atoms with Gasteiger partial charge in [-0.15, -0.1) is 0 Å². The first-order chi connectivity index (χ1) is 10.1. The SMILES string of the molecule is CCCNc1cc(C(=O)N(C)C2CCCCC2)c(Cl)cn1. The van der Waals surface area contributed by atoms with Crippen molar-refractivity contribution in [2.24, 2.45) is 0 Å². The van der Waals surface area contributed by atoms with Crippen LogP contribution in [-0.2, 0) is 0 Å². The summed E-state index contributed by atoms with van der Waals surface area (Å²) in [6, 6.07) is 2.10. The Balaban J connectivity index is 2.13. The summed E-state index contributed by atoms with van der Waals surface area (Å²) in [6.45, 7) is 2.92. The van der Waals surface area contributed by atoms with E-state index in [4.69, 9.17) is 11.6 Å². The molecule has 1 heterocycles. The molecule has 116 valence electrons. The molecule has 0 spiro atoms. The molecule has 0 aliphatic heterocycles. The number of halogens is 1. The lowest BCUT2D eigenvalue weighted by molar-refractivity contribution is 0.0696. The van der Waals surface area contributed by atoms with Crippen LogP contribution in [0.3, 0.4) is 0 Å². The number of amides is 1. The number of nitrogens with one attached hydrogen (secondary N) is 1. The number of pyridine rings is 1. The second-order valence-corrected chi connectivity index (χ2v) is 6.09. The van der Waals surface area contributed by atoms with Crippen molar-refractivity contribution in [3.8, 4) is 0 Å². The van der Waals surface area contributed by atoms with Crippen LogP contribution in [0.1, 0.15) is 55.8 Å². The van der Waals surface area contributed by atoms with Gasteiger partial charge < -0.3 is 10.2 Å². The molecule has 1 aliphatic rings. The quantitative estimate of drug-likeness (QED) is 0.895. The lowest BCUT2D eigenvalue weighted by atomic mass is 9.94. The molecule has 2 rings (SSSR count). The summed E-state index contributed by atoms with van der Waals surface area (Å²) in [7, 11) is 1.88. The van der Waals surface area contributed by atoms with Crippen molar-refractivity contribution >= 4 is 23.3 Å². The largest absolute Gasteiger partial charge is 0.370 e. The number of anilines is 1. The zero-order valence-corrected chi connectivity index (χ0v) is 13.6. The van der Waals surface area contributed by atoms with E-state index < -0.39 is 0 Å². The minimum atomic E-state index is -0.00570. The highest BCUT2D eigenvalue weighted by Crippen LogP contribution is 2.25. The third-order valence-corrected chi connectivity index (χ3v) is 4.39. The van der Waals surface area contributed by atoms with Crippen molar-refractivity contribution in [2.75, 3.05) is 18.9 Å². The van der Waals surface area contributed by atoms with Gasteiger partial charge in [0.2, 0.25) is 0 Å². The van der Waals surface area contributed by atoms with Gasteiger partial charge in [0, 0.05) is 25.8 Å². The predicted molar refractivity (Wildman–Crippen MR) is 87.0 cm³/mol. The Hall–Kier alpha value is -1.29.